The van der Waals surface area contributed by atoms with Crippen LogP contribution in [0.2, 0.25) is 0 Å². The molecule has 0 aliphatic carbocycles. The number of aliphatic hydroxyl groups is 1. The van der Waals surface area contributed by atoms with Gasteiger partial charge in [-0.1, -0.05) is 31.4 Å². The van der Waals surface area contributed by atoms with Crippen LogP contribution in [0.15, 0.2) is 11.6 Å². The molecular weight excluding hydrogens is 136 g/mol. The largest absolute Gasteiger partial charge is 0.389 e. The monoisotopic (exact) mass is 156 g/mol. The highest BCUT2D eigenvalue weighted by Crippen LogP contribution is 2.08. The van der Waals surface area contributed by atoms with E-state index in [4.69, 9.17) is 5.11 Å². The lowest BCUT2D eigenvalue weighted by Crippen LogP contribution is -1.94. The van der Waals surface area contributed by atoms with Gasteiger partial charge >= 0.3 is 0 Å². The van der Waals surface area contributed by atoms with E-state index in [0.29, 0.717) is 0 Å². The molecule has 0 heterocycles. The van der Waals surface area contributed by atoms with Crippen molar-refractivity contribution in [1.82, 2.24) is 0 Å². The molecule has 1 heteroatoms. The highest BCUT2D eigenvalue weighted by molar-refractivity contribution is 5.00. The highest BCUT2D eigenvalue weighted by atomic mass is 16.3. The fourth-order valence-corrected chi connectivity index (χ4v) is 1.15. The third kappa shape index (κ3) is 7.60. The lowest BCUT2D eigenvalue weighted by atomic mass is 10.1. The van der Waals surface area contributed by atoms with E-state index >= 15 is 0 Å². The maximum atomic E-state index is 9.00. The molecule has 0 spiro atoms. The minimum Gasteiger partial charge on any atom is -0.389 e. The molecule has 0 bridgehead atoms. The Bertz CT molecular complexity index is 114. The Morgan fingerprint density at radius 1 is 1.45 bits per heavy atom. The Balaban J connectivity index is 3.43. The molecule has 1 nitrogen and oxygen atoms in total. The van der Waals surface area contributed by atoms with Crippen molar-refractivity contribution in [3.63, 3.8) is 0 Å². The predicted octanol–water partition coefficient (Wildman–Crippen LogP) is 2.89. The Kier molecular flexibility index (Phi) is 6.24. The van der Waals surface area contributed by atoms with E-state index in [-0.39, 0.29) is 6.10 Å². The summed E-state index contributed by atoms with van der Waals surface area (Å²) in [5.41, 5.74) is 1.31. The van der Waals surface area contributed by atoms with Gasteiger partial charge in [-0.25, -0.2) is 0 Å². The Hall–Kier alpha value is -0.300. The fourth-order valence-electron chi connectivity index (χ4n) is 1.15. The maximum Gasteiger partial charge on any atom is 0.0695 e. The van der Waals surface area contributed by atoms with Crippen LogP contribution in [0.4, 0.5) is 0 Å². The minimum atomic E-state index is -0.281. The van der Waals surface area contributed by atoms with E-state index in [2.05, 4.69) is 13.8 Å². The fraction of sp³-hybridized carbons (Fsp3) is 0.800. The molecule has 66 valence electrons. The molecule has 0 radical (unpaired) electrons. The molecule has 0 rings (SSSR count). The highest BCUT2D eigenvalue weighted by Gasteiger charge is 1.92. The second-order valence-corrected chi connectivity index (χ2v) is 3.21. The van der Waals surface area contributed by atoms with Gasteiger partial charge in [0.2, 0.25) is 0 Å². The second-order valence-electron chi connectivity index (χ2n) is 3.21. The van der Waals surface area contributed by atoms with Crippen LogP contribution < -0.4 is 0 Å². The van der Waals surface area contributed by atoms with Crippen molar-refractivity contribution in [2.24, 2.45) is 0 Å². The molecule has 0 saturated heterocycles. The van der Waals surface area contributed by atoms with E-state index in [9.17, 15) is 0 Å². The van der Waals surface area contributed by atoms with Crippen molar-refractivity contribution in [2.45, 2.75) is 52.6 Å². The van der Waals surface area contributed by atoms with E-state index in [1.807, 2.05) is 6.08 Å². The molecule has 0 amide bonds. The lowest BCUT2D eigenvalue weighted by Gasteiger charge is -2.01. The molecule has 1 atom stereocenters. The molecule has 1 unspecified atom stereocenters. The van der Waals surface area contributed by atoms with Crippen LogP contribution in [-0.2, 0) is 0 Å². The van der Waals surface area contributed by atoms with Gasteiger partial charge in [-0.15, -0.1) is 0 Å². The van der Waals surface area contributed by atoms with E-state index < -0.39 is 0 Å². The molecule has 1 N–H and O–H groups in total. The van der Waals surface area contributed by atoms with Gasteiger partial charge in [-0.05, 0) is 26.7 Å². The minimum absolute atomic E-state index is 0.281. The first kappa shape index (κ1) is 10.7. The van der Waals surface area contributed by atoms with Crippen LogP contribution >= 0.6 is 0 Å². The summed E-state index contributed by atoms with van der Waals surface area (Å²) in [7, 11) is 0. The smallest absolute Gasteiger partial charge is 0.0695 e. The van der Waals surface area contributed by atoms with Gasteiger partial charge in [0.15, 0.2) is 0 Å². The maximum absolute atomic E-state index is 9.00. The van der Waals surface area contributed by atoms with Crippen LogP contribution in [0.25, 0.3) is 0 Å². The van der Waals surface area contributed by atoms with Gasteiger partial charge in [0.25, 0.3) is 0 Å². The number of unbranched alkanes of at least 4 members (excludes halogenated alkanes) is 2. The van der Waals surface area contributed by atoms with Crippen molar-refractivity contribution in [2.75, 3.05) is 0 Å². The summed E-state index contributed by atoms with van der Waals surface area (Å²) in [4.78, 5) is 0. The number of hydrogen-bond donors (Lipinski definition) is 1. The van der Waals surface area contributed by atoms with Gasteiger partial charge in [0, 0.05) is 0 Å². The Morgan fingerprint density at radius 3 is 2.55 bits per heavy atom. The molecular formula is C10H20O. The average molecular weight is 156 g/mol. The van der Waals surface area contributed by atoms with Crippen molar-refractivity contribution < 1.29 is 5.11 Å². The second kappa shape index (κ2) is 6.41. The van der Waals surface area contributed by atoms with Crippen LogP contribution in [0.3, 0.4) is 0 Å². The summed E-state index contributed by atoms with van der Waals surface area (Å²) in [5, 5.41) is 9.00. The normalized spacial score (nSPS) is 15.1. The molecule has 0 saturated carbocycles. The predicted molar refractivity (Wildman–Crippen MR) is 49.6 cm³/mol. The summed E-state index contributed by atoms with van der Waals surface area (Å²) >= 11 is 0. The van der Waals surface area contributed by atoms with E-state index in [1.165, 1.54) is 24.8 Å². The third-order valence-corrected chi connectivity index (χ3v) is 1.70. The molecule has 0 aliphatic heterocycles. The lowest BCUT2D eigenvalue weighted by molar-refractivity contribution is 0.243. The van der Waals surface area contributed by atoms with Crippen LogP contribution in [0, 0.1) is 0 Å². The van der Waals surface area contributed by atoms with Gasteiger partial charge in [-0.3, -0.25) is 0 Å². The standard InChI is InChI=1S/C10H20O/c1-4-5-6-7-9(2)8-10(3)11/h8,10-11H,4-7H2,1-3H3. The van der Waals surface area contributed by atoms with Gasteiger partial charge in [-0.2, -0.15) is 0 Å². The van der Waals surface area contributed by atoms with Crippen LogP contribution in [0.1, 0.15) is 46.5 Å². The van der Waals surface area contributed by atoms with Crippen LogP contribution in [0.5, 0.6) is 0 Å². The summed E-state index contributed by atoms with van der Waals surface area (Å²) < 4.78 is 0. The average Bonchev–Trinajstić information content (AvgIpc) is 1.86. The molecule has 0 aromatic heterocycles. The number of aliphatic hydroxyl groups excluding tert-OH is 1. The number of allylic oxidation sites excluding steroid dienone is 1. The topological polar surface area (TPSA) is 20.2 Å². The first-order valence-corrected chi connectivity index (χ1v) is 4.52. The molecule has 0 aromatic rings. The van der Waals surface area contributed by atoms with Gasteiger partial charge in [0.05, 0.1) is 6.10 Å². The Morgan fingerprint density at radius 2 is 2.09 bits per heavy atom. The Labute approximate surface area is 70.1 Å². The SMILES string of the molecule is CCCCCC(C)=CC(C)O. The molecule has 0 aromatic carbocycles. The summed E-state index contributed by atoms with van der Waals surface area (Å²) in [6.45, 7) is 6.08. The van der Waals surface area contributed by atoms with Crippen LogP contribution in [-0.4, -0.2) is 11.2 Å². The molecule has 11 heavy (non-hydrogen) atoms. The molecule has 0 fully saturated rings. The van der Waals surface area contributed by atoms with E-state index in [0.717, 1.165) is 6.42 Å². The summed E-state index contributed by atoms with van der Waals surface area (Å²) in [6.07, 6.45) is 6.60. The zero-order valence-electron chi connectivity index (χ0n) is 7.93. The third-order valence-electron chi connectivity index (χ3n) is 1.70. The first-order valence-electron chi connectivity index (χ1n) is 4.52. The summed E-state index contributed by atoms with van der Waals surface area (Å²) in [5.74, 6) is 0. The van der Waals surface area contributed by atoms with E-state index in [1.54, 1.807) is 6.92 Å². The first-order chi connectivity index (χ1) is 5.16. The number of hydrogen-bond acceptors (Lipinski definition) is 1. The van der Waals surface area contributed by atoms with Crippen molar-refractivity contribution in [1.29, 1.82) is 0 Å². The molecule has 0 aliphatic rings. The number of rotatable bonds is 5. The summed E-state index contributed by atoms with van der Waals surface area (Å²) in [6, 6.07) is 0. The zero-order valence-corrected chi connectivity index (χ0v) is 7.93. The zero-order chi connectivity index (χ0) is 8.69. The van der Waals surface area contributed by atoms with Gasteiger partial charge < -0.3 is 5.11 Å². The quantitative estimate of drug-likeness (QED) is 0.479. The van der Waals surface area contributed by atoms with Crippen molar-refractivity contribution in [3.05, 3.63) is 11.6 Å². The van der Waals surface area contributed by atoms with Crippen molar-refractivity contribution >= 4 is 0 Å². The van der Waals surface area contributed by atoms with Gasteiger partial charge in [0.1, 0.15) is 0 Å². The van der Waals surface area contributed by atoms with Crippen molar-refractivity contribution in [3.8, 4) is 0 Å².